The smallest absolute Gasteiger partial charge is 0.0717 e. The molecule has 0 nitrogen and oxygen atoms in total. The lowest BCUT2D eigenvalue weighted by molar-refractivity contribution is 1.46. The first kappa shape index (κ1) is 7.87. The third-order valence-electron chi connectivity index (χ3n) is 2.03. The number of rotatable bonds is 1. The quantitative estimate of drug-likeness (QED) is 0.580. The molecule has 2 rings (SSSR count). The Morgan fingerprint density at radius 2 is 2.25 bits per heavy atom. The second-order valence-electron chi connectivity index (χ2n) is 2.96. The van der Waals surface area contributed by atoms with Crippen LogP contribution >= 0.6 is 11.3 Å². The Kier molecular flexibility index (Phi) is 1.93. The maximum atomic E-state index is 5.62. The third kappa shape index (κ3) is 1.16. The van der Waals surface area contributed by atoms with Gasteiger partial charge in [0.2, 0.25) is 0 Å². The van der Waals surface area contributed by atoms with Gasteiger partial charge in [-0.3, -0.25) is 0 Å². The van der Waals surface area contributed by atoms with E-state index in [4.69, 9.17) is 7.85 Å². The van der Waals surface area contributed by atoms with Gasteiger partial charge in [0.25, 0.3) is 0 Å². The topological polar surface area (TPSA) is 0 Å². The van der Waals surface area contributed by atoms with Crippen molar-refractivity contribution < 1.29 is 0 Å². The van der Waals surface area contributed by atoms with E-state index in [-0.39, 0.29) is 0 Å². The number of thiophene rings is 1. The van der Waals surface area contributed by atoms with Gasteiger partial charge >= 0.3 is 0 Å². The fraction of sp³-hybridized carbons (Fsp3) is 0.200. The molecule has 0 aliphatic rings. The van der Waals surface area contributed by atoms with Crippen molar-refractivity contribution >= 4 is 29.3 Å². The lowest BCUT2D eigenvalue weighted by atomic mass is 9.96. The maximum Gasteiger partial charge on any atom is 0.0717 e. The van der Waals surface area contributed by atoms with Crippen LogP contribution in [-0.4, -0.2) is 7.85 Å². The van der Waals surface area contributed by atoms with Crippen LogP contribution in [0.1, 0.15) is 11.1 Å². The summed E-state index contributed by atoms with van der Waals surface area (Å²) in [6.07, 6.45) is 0.642. The molecule has 0 atom stereocenters. The van der Waals surface area contributed by atoms with E-state index < -0.39 is 0 Å². The molecule has 0 amide bonds. The fourth-order valence-corrected chi connectivity index (χ4v) is 2.31. The van der Waals surface area contributed by atoms with E-state index in [2.05, 4.69) is 30.5 Å². The Bertz CT molecular complexity index is 403. The summed E-state index contributed by atoms with van der Waals surface area (Å²) < 4.78 is 1.33. The van der Waals surface area contributed by atoms with Gasteiger partial charge in [-0.25, -0.2) is 0 Å². The van der Waals surface area contributed by atoms with Crippen molar-refractivity contribution in [3.05, 3.63) is 34.7 Å². The van der Waals surface area contributed by atoms with Crippen molar-refractivity contribution in [1.82, 2.24) is 0 Å². The van der Waals surface area contributed by atoms with Gasteiger partial charge in [-0.05, 0) is 29.3 Å². The molecule has 58 valence electrons. The summed E-state index contributed by atoms with van der Waals surface area (Å²) in [5.41, 5.74) is 2.56. The molecule has 2 radical (unpaired) electrons. The summed E-state index contributed by atoms with van der Waals surface area (Å²) >= 11 is 1.77. The van der Waals surface area contributed by atoms with Crippen molar-refractivity contribution in [2.75, 3.05) is 0 Å². The molecule has 0 unspecified atom stereocenters. The highest BCUT2D eigenvalue weighted by atomic mass is 32.1. The highest BCUT2D eigenvalue weighted by molar-refractivity contribution is 7.17. The average molecular weight is 172 g/mol. The van der Waals surface area contributed by atoms with Crippen molar-refractivity contribution in [2.45, 2.75) is 13.2 Å². The monoisotopic (exact) mass is 172 g/mol. The zero-order chi connectivity index (χ0) is 8.55. The van der Waals surface area contributed by atoms with E-state index in [0.717, 1.165) is 0 Å². The van der Waals surface area contributed by atoms with E-state index in [9.17, 15) is 0 Å². The Morgan fingerprint density at radius 1 is 1.42 bits per heavy atom. The van der Waals surface area contributed by atoms with Crippen LogP contribution in [0.5, 0.6) is 0 Å². The Labute approximate surface area is 77.6 Å². The van der Waals surface area contributed by atoms with Crippen LogP contribution in [0.3, 0.4) is 0 Å². The first-order chi connectivity index (χ1) is 5.81. The van der Waals surface area contributed by atoms with E-state index in [1.165, 1.54) is 21.2 Å². The number of benzene rings is 1. The summed E-state index contributed by atoms with van der Waals surface area (Å²) in [5, 5.41) is 3.46. The van der Waals surface area contributed by atoms with Crippen molar-refractivity contribution in [3.8, 4) is 0 Å². The summed E-state index contributed by atoms with van der Waals surface area (Å²) in [5.74, 6) is 0. The molecule has 12 heavy (non-hydrogen) atoms. The molecule has 1 aromatic heterocycles. The normalized spacial score (nSPS) is 10.8. The minimum atomic E-state index is 0.642. The van der Waals surface area contributed by atoms with Crippen LogP contribution in [0.2, 0.25) is 0 Å². The Morgan fingerprint density at radius 3 is 3.00 bits per heavy atom. The average Bonchev–Trinajstić information content (AvgIpc) is 2.46. The van der Waals surface area contributed by atoms with Crippen LogP contribution in [-0.2, 0) is 6.32 Å². The van der Waals surface area contributed by atoms with Gasteiger partial charge < -0.3 is 0 Å². The molecule has 2 aromatic rings. The van der Waals surface area contributed by atoms with Crippen molar-refractivity contribution in [3.63, 3.8) is 0 Å². The molecule has 0 aliphatic heterocycles. The highest BCUT2D eigenvalue weighted by Gasteiger charge is 2.00. The fourth-order valence-electron chi connectivity index (χ4n) is 1.35. The van der Waals surface area contributed by atoms with Gasteiger partial charge in [0.15, 0.2) is 0 Å². The summed E-state index contributed by atoms with van der Waals surface area (Å²) in [6, 6.07) is 6.50. The van der Waals surface area contributed by atoms with Crippen LogP contribution in [0, 0.1) is 6.92 Å². The molecular weight excluding hydrogens is 163 g/mol. The predicted octanol–water partition coefficient (Wildman–Crippen LogP) is 2.88. The Hall–Kier alpha value is -0.755. The molecule has 0 saturated carbocycles. The van der Waals surface area contributed by atoms with Crippen molar-refractivity contribution in [1.29, 1.82) is 0 Å². The first-order valence-electron chi connectivity index (χ1n) is 3.98. The van der Waals surface area contributed by atoms with E-state index in [0.29, 0.717) is 6.32 Å². The Balaban J connectivity index is 2.75. The van der Waals surface area contributed by atoms with Crippen LogP contribution in [0.25, 0.3) is 10.1 Å². The maximum absolute atomic E-state index is 5.62. The molecule has 1 heterocycles. The lowest BCUT2D eigenvalue weighted by Crippen LogP contribution is -1.79. The number of hydrogen-bond donors (Lipinski definition) is 0. The molecular formula is C10H9BS. The minimum absolute atomic E-state index is 0.642. The van der Waals surface area contributed by atoms with Gasteiger partial charge in [0.05, 0.1) is 7.85 Å². The zero-order valence-corrected chi connectivity index (χ0v) is 7.82. The minimum Gasteiger partial charge on any atom is -0.144 e. The predicted molar refractivity (Wildman–Crippen MR) is 56.0 cm³/mol. The van der Waals surface area contributed by atoms with Gasteiger partial charge in [-0.15, -0.1) is 11.3 Å². The van der Waals surface area contributed by atoms with Gasteiger partial charge in [0, 0.05) is 4.70 Å². The van der Waals surface area contributed by atoms with E-state index >= 15 is 0 Å². The second kappa shape index (κ2) is 2.94. The molecule has 0 spiro atoms. The zero-order valence-electron chi connectivity index (χ0n) is 7.00. The van der Waals surface area contributed by atoms with Gasteiger partial charge in [0.1, 0.15) is 0 Å². The van der Waals surface area contributed by atoms with E-state index in [1.807, 2.05) is 0 Å². The van der Waals surface area contributed by atoms with Gasteiger partial charge in [-0.2, -0.15) is 0 Å². The molecule has 0 aliphatic carbocycles. The number of fused-ring (bicyclic) bond motifs is 1. The standard InChI is InChI=1S/C10H9BS/c1-7-2-3-10-9(4-7)8(5-11)6-12-10/h2-4,6H,5H2,1H3. The van der Waals surface area contributed by atoms with Crippen LogP contribution in [0.15, 0.2) is 23.6 Å². The molecule has 0 bridgehead atoms. The SMILES string of the molecule is [B]Cc1csc2ccc(C)cc12. The number of aryl methyl sites for hydroxylation is 1. The summed E-state index contributed by atoms with van der Waals surface area (Å²) in [4.78, 5) is 0. The van der Waals surface area contributed by atoms with Crippen LogP contribution < -0.4 is 0 Å². The summed E-state index contributed by atoms with van der Waals surface area (Å²) in [6.45, 7) is 2.11. The lowest BCUT2D eigenvalue weighted by Gasteiger charge is -1.95. The van der Waals surface area contributed by atoms with Crippen LogP contribution in [0.4, 0.5) is 0 Å². The largest absolute Gasteiger partial charge is 0.144 e. The molecule has 0 saturated heterocycles. The van der Waals surface area contributed by atoms with Crippen molar-refractivity contribution in [2.24, 2.45) is 0 Å². The van der Waals surface area contributed by atoms with Gasteiger partial charge in [-0.1, -0.05) is 24.0 Å². The molecule has 0 fully saturated rings. The highest BCUT2D eigenvalue weighted by Crippen LogP contribution is 2.26. The third-order valence-corrected chi connectivity index (χ3v) is 3.04. The molecule has 2 heteroatoms. The first-order valence-corrected chi connectivity index (χ1v) is 4.86. The van der Waals surface area contributed by atoms with E-state index in [1.54, 1.807) is 11.3 Å². The number of hydrogen-bond acceptors (Lipinski definition) is 1. The molecule has 1 aromatic carbocycles. The molecule has 0 N–H and O–H groups in total. The summed E-state index contributed by atoms with van der Waals surface area (Å²) in [7, 11) is 5.62. The second-order valence-corrected chi connectivity index (χ2v) is 3.88.